The van der Waals surface area contributed by atoms with Gasteiger partial charge in [0.2, 0.25) is 0 Å². The van der Waals surface area contributed by atoms with Crippen LogP contribution in [-0.2, 0) is 4.79 Å². The molecular weight excluding hydrogens is 116 g/mol. The zero-order valence-electron chi connectivity index (χ0n) is 5.13. The van der Waals surface area contributed by atoms with E-state index in [1.165, 1.54) is 12.2 Å². The Hall–Kier alpha value is -1.05. The van der Waals surface area contributed by atoms with Gasteiger partial charge in [-0.25, -0.2) is 0 Å². The van der Waals surface area contributed by atoms with E-state index in [9.17, 15) is 4.79 Å². The highest BCUT2D eigenvalue weighted by atomic mass is 16.4. The van der Waals surface area contributed by atoms with Gasteiger partial charge in [0.15, 0.2) is 0 Å². The zero-order chi connectivity index (χ0) is 7.28. The standard InChI is InChI=1S/C7H9O2/c1-3-5-6(4-2)7(8)9/h3-4H,1-2,5H2,(H,8,9). The average Bonchev–Trinajstić information content (AvgIpc) is 1.82. The van der Waals surface area contributed by atoms with Gasteiger partial charge in [-0.05, 0) is 6.42 Å². The molecule has 2 nitrogen and oxygen atoms in total. The first-order valence-corrected chi connectivity index (χ1v) is 2.54. The van der Waals surface area contributed by atoms with Gasteiger partial charge in [0.05, 0.1) is 0 Å². The van der Waals surface area contributed by atoms with Crippen LogP contribution in [0.1, 0.15) is 6.42 Å². The second-order valence-corrected chi connectivity index (χ2v) is 1.53. The molecule has 0 unspecified atom stereocenters. The maximum atomic E-state index is 10.2. The van der Waals surface area contributed by atoms with Crippen LogP contribution >= 0.6 is 0 Å². The molecule has 1 N–H and O–H groups in total. The fourth-order valence-electron chi connectivity index (χ4n) is 0.413. The van der Waals surface area contributed by atoms with E-state index in [-0.39, 0.29) is 5.92 Å². The first-order valence-electron chi connectivity index (χ1n) is 2.54. The number of rotatable bonds is 4. The molecule has 2 heteroatoms. The van der Waals surface area contributed by atoms with E-state index in [1.54, 1.807) is 0 Å². The van der Waals surface area contributed by atoms with Gasteiger partial charge >= 0.3 is 5.97 Å². The summed E-state index contributed by atoms with van der Waals surface area (Å²) >= 11 is 0. The van der Waals surface area contributed by atoms with Gasteiger partial charge in [-0.15, -0.1) is 13.2 Å². The third-order valence-corrected chi connectivity index (χ3v) is 0.885. The number of allylic oxidation sites excluding steroid dienone is 1. The Morgan fingerprint density at radius 1 is 1.56 bits per heavy atom. The van der Waals surface area contributed by atoms with Crippen molar-refractivity contribution in [2.45, 2.75) is 6.42 Å². The van der Waals surface area contributed by atoms with Gasteiger partial charge in [0.1, 0.15) is 5.92 Å². The van der Waals surface area contributed by atoms with Crippen LogP contribution in [0.3, 0.4) is 0 Å². The number of carboxylic acids is 1. The maximum Gasteiger partial charge on any atom is 0.315 e. The molecule has 0 aliphatic rings. The van der Waals surface area contributed by atoms with Crippen molar-refractivity contribution in [2.75, 3.05) is 0 Å². The lowest BCUT2D eigenvalue weighted by molar-refractivity contribution is -0.134. The first kappa shape index (κ1) is 7.95. The second-order valence-electron chi connectivity index (χ2n) is 1.53. The quantitative estimate of drug-likeness (QED) is 0.577. The normalized spacial score (nSPS) is 9.00. The lowest BCUT2D eigenvalue weighted by Crippen LogP contribution is -2.06. The molecule has 0 heterocycles. The zero-order valence-corrected chi connectivity index (χ0v) is 5.13. The van der Waals surface area contributed by atoms with Crippen molar-refractivity contribution in [2.24, 2.45) is 0 Å². The Labute approximate surface area is 54.5 Å². The lowest BCUT2D eigenvalue weighted by Gasteiger charge is -1.98. The van der Waals surface area contributed by atoms with Gasteiger partial charge in [-0.1, -0.05) is 12.2 Å². The van der Waals surface area contributed by atoms with Gasteiger partial charge in [-0.2, -0.15) is 0 Å². The van der Waals surface area contributed by atoms with Crippen LogP contribution in [0.2, 0.25) is 0 Å². The molecule has 1 radical (unpaired) electrons. The molecule has 0 aromatic rings. The fraction of sp³-hybridized carbons (Fsp3) is 0.143. The molecule has 0 saturated carbocycles. The smallest absolute Gasteiger partial charge is 0.315 e. The number of hydrogen-bond donors (Lipinski definition) is 1. The van der Waals surface area contributed by atoms with Crippen molar-refractivity contribution in [3.05, 3.63) is 31.2 Å². The van der Waals surface area contributed by atoms with E-state index in [4.69, 9.17) is 5.11 Å². The number of aliphatic carboxylic acids is 1. The fourth-order valence-corrected chi connectivity index (χ4v) is 0.413. The van der Waals surface area contributed by atoms with Crippen LogP contribution < -0.4 is 0 Å². The van der Waals surface area contributed by atoms with Crippen LogP contribution in [0.5, 0.6) is 0 Å². The van der Waals surface area contributed by atoms with Crippen molar-refractivity contribution in [3.8, 4) is 0 Å². The van der Waals surface area contributed by atoms with Crippen LogP contribution in [0.15, 0.2) is 25.3 Å². The second kappa shape index (κ2) is 3.89. The molecule has 49 valence electrons. The van der Waals surface area contributed by atoms with Gasteiger partial charge < -0.3 is 5.11 Å². The van der Waals surface area contributed by atoms with Crippen LogP contribution in [0.25, 0.3) is 0 Å². The SMILES string of the molecule is C=CC[C](C=C)C(=O)O. The van der Waals surface area contributed by atoms with Crippen molar-refractivity contribution >= 4 is 5.97 Å². The summed E-state index contributed by atoms with van der Waals surface area (Å²) in [5.41, 5.74) is 0. The molecular formula is C7H9O2. The van der Waals surface area contributed by atoms with Crippen LogP contribution in [-0.4, -0.2) is 11.1 Å². The summed E-state index contributed by atoms with van der Waals surface area (Å²) in [4.78, 5) is 10.2. The lowest BCUT2D eigenvalue weighted by atomic mass is 10.1. The third kappa shape index (κ3) is 2.69. The molecule has 0 atom stereocenters. The minimum absolute atomic E-state index is 0.282. The Balaban J connectivity index is 3.81. The Bertz CT molecular complexity index is 127. The number of carboxylic acid groups (broad SMARTS) is 1. The van der Waals surface area contributed by atoms with E-state index in [0.717, 1.165) is 0 Å². The largest absolute Gasteiger partial charge is 0.481 e. The molecule has 0 aliphatic heterocycles. The topological polar surface area (TPSA) is 37.3 Å². The molecule has 0 spiro atoms. The maximum absolute atomic E-state index is 10.2. The molecule has 0 rings (SSSR count). The first-order chi connectivity index (χ1) is 4.22. The van der Waals surface area contributed by atoms with Gasteiger partial charge in [0.25, 0.3) is 0 Å². The molecule has 0 aromatic heterocycles. The monoisotopic (exact) mass is 125 g/mol. The molecule has 0 saturated heterocycles. The molecule has 0 bridgehead atoms. The minimum atomic E-state index is -0.926. The highest BCUT2D eigenvalue weighted by molar-refractivity contribution is 5.85. The third-order valence-electron chi connectivity index (χ3n) is 0.885. The molecule has 0 fully saturated rings. The summed E-state index contributed by atoms with van der Waals surface area (Å²) in [5.74, 6) is -0.644. The predicted octanol–water partition coefficient (Wildman–Crippen LogP) is 1.41. The van der Waals surface area contributed by atoms with E-state index in [2.05, 4.69) is 13.2 Å². The number of carbonyl (C=O) groups is 1. The van der Waals surface area contributed by atoms with E-state index < -0.39 is 5.97 Å². The van der Waals surface area contributed by atoms with Crippen LogP contribution in [0.4, 0.5) is 0 Å². The molecule has 9 heavy (non-hydrogen) atoms. The summed E-state index contributed by atoms with van der Waals surface area (Å²) < 4.78 is 0. The van der Waals surface area contributed by atoms with Gasteiger partial charge in [0, 0.05) is 0 Å². The summed E-state index contributed by atoms with van der Waals surface area (Å²) in [6, 6.07) is 0. The number of hydrogen-bond acceptors (Lipinski definition) is 1. The van der Waals surface area contributed by atoms with Gasteiger partial charge in [-0.3, -0.25) is 4.79 Å². The Kier molecular flexibility index (Phi) is 3.44. The Morgan fingerprint density at radius 3 is 2.22 bits per heavy atom. The highest BCUT2D eigenvalue weighted by Crippen LogP contribution is 2.06. The van der Waals surface area contributed by atoms with E-state index in [0.29, 0.717) is 6.42 Å². The average molecular weight is 125 g/mol. The van der Waals surface area contributed by atoms with Crippen molar-refractivity contribution in [1.82, 2.24) is 0 Å². The van der Waals surface area contributed by atoms with Crippen molar-refractivity contribution in [1.29, 1.82) is 0 Å². The molecule has 0 aromatic carbocycles. The Morgan fingerprint density at radius 2 is 2.11 bits per heavy atom. The highest BCUT2D eigenvalue weighted by Gasteiger charge is 2.10. The summed E-state index contributed by atoms with van der Waals surface area (Å²) in [5, 5.41) is 8.35. The summed E-state index contributed by atoms with van der Waals surface area (Å²) in [6.07, 6.45) is 3.23. The van der Waals surface area contributed by atoms with Crippen molar-refractivity contribution in [3.63, 3.8) is 0 Å². The summed E-state index contributed by atoms with van der Waals surface area (Å²) in [7, 11) is 0. The van der Waals surface area contributed by atoms with Crippen molar-refractivity contribution < 1.29 is 9.90 Å². The molecule has 0 aliphatic carbocycles. The predicted molar refractivity (Wildman–Crippen MR) is 35.9 cm³/mol. The van der Waals surface area contributed by atoms with E-state index in [1.807, 2.05) is 0 Å². The summed E-state index contributed by atoms with van der Waals surface area (Å²) in [6.45, 7) is 6.73. The minimum Gasteiger partial charge on any atom is -0.481 e. The van der Waals surface area contributed by atoms with E-state index >= 15 is 0 Å². The molecule has 0 amide bonds. The van der Waals surface area contributed by atoms with Crippen LogP contribution in [0, 0.1) is 5.92 Å².